The first-order valence-electron chi connectivity index (χ1n) is 7.79. The van der Waals surface area contributed by atoms with Gasteiger partial charge in [-0.05, 0) is 43.6 Å². The van der Waals surface area contributed by atoms with Crippen LogP contribution in [0.5, 0.6) is 0 Å². The first kappa shape index (κ1) is 14.6. The van der Waals surface area contributed by atoms with Crippen LogP contribution in [-0.4, -0.2) is 28.8 Å². The van der Waals surface area contributed by atoms with Gasteiger partial charge in [0.25, 0.3) is 0 Å². The van der Waals surface area contributed by atoms with Gasteiger partial charge in [0.15, 0.2) is 0 Å². The van der Waals surface area contributed by atoms with Crippen molar-refractivity contribution in [3.63, 3.8) is 0 Å². The second-order valence-electron chi connectivity index (χ2n) is 6.07. The third-order valence-corrected chi connectivity index (χ3v) is 5.45. The summed E-state index contributed by atoms with van der Waals surface area (Å²) in [6.45, 7) is 3.96. The predicted molar refractivity (Wildman–Crippen MR) is 82.9 cm³/mol. The lowest BCUT2D eigenvalue weighted by Gasteiger charge is -2.42. The molecule has 2 heterocycles. The van der Waals surface area contributed by atoms with Gasteiger partial charge in [-0.1, -0.05) is 19.4 Å². The first-order chi connectivity index (χ1) is 10.1. The molecule has 2 fully saturated rings. The highest BCUT2D eigenvalue weighted by Crippen LogP contribution is 2.38. The van der Waals surface area contributed by atoms with Crippen LogP contribution in [-0.2, 0) is 9.59 Å². The normalized spacial score (nSPS) is 27.6. The maximum atomic E-state index is 12.9. The number of carbonyl (C=O) groups is 2. The van der Waals surface area contributed by atoms with E-state index in [1.54, 1.807) is 11.3 Å². The van der Waals surface area contributed by atoms with Gasteiger partial charge < -0.3 is 10.2 Å². The standard InChI is InChI=1S/C16H22N2O2S/c1-3-5-12(13-6-4-9-21-13)18-10(2)15(19)17-14(16(18)20)11-7-8-11/h4,6,9-12,14H,3,5,7-8H2,1-2H3,(H,17,19). The van der Waals surface area contributed by atoms with Crippen molar-refractivity contribution in [1.29, 1.82) is 0 Å². The van der Waals surface area contributed by atoms with E-state index < -0.39 is 0 Å². The van der Waals surface area contributed by atoms with Crippen molar-refractivity contribution < 1.29 is 9.59 Å². The Morgan fingerprint density at radius 3 is 2.76 bits per heavy atom. The summed E-state index contributed by atoms with van der Waals surface area (Å²) in [4.78, 5) is 28.2. The molecule has 0 spiro atoms. The van der Waals surface area contributed by atoms with E-state index in [1.165, 1.54) is 4.88 Å². The number of hydrogen-bond donors (Lipinski definition) is 1. The number of carbonyl (C=O) groups excluding carboxylic acids is 2. The van der Waals surface area contributed by atoms with Crippen molar-refractivity contribution in [2.75, 3.05) is 0 Å². The van der Waals surface area contributed by atoms with E-state index in [0.717, 1.165) is 25.7 Å². The fourth-order valence-corrected chi connectivity index (χ4v) is 4.02. The molecular formula is C16H22N2O2S. The minimum atomic E-state index is -0.383. The molecule has 21 heavy (non-hydrogen) atoms. The van der Waals surface area contributed by atoms with Gasteiger partial charge in [-0.3, -0.25) is 9.59 Å². The highest BCUT2D eigenvalue weighted by Gasteiger charge is 2.47. The quantitative estimate of drug-likeness (QED) is 0.909. The van der Waals surface area contributed by atoms with E-state index in [4.69, 9.17) is 0 Å². The molecule has 2 amide bonds. The lowest BCUT2D eigenvalue weighted by Crippen LogP contribution is -2.63. The minimum absolute atomic E-state index is 0.0100. The second kappa shape index (κ2) is 5.79. The molecule has 3 rings (SSSR count). The molecule has 114 valence electrons. The first-order valence-corrected chi connectivity index (χ1v) is 8.67. The smallest absolute Gasteiger partial charge is 0.246 e. The Kier molecular flexibility index (Phi) is 4.02. The Hall–Kier alpha value is -1.36. The fraction of sp³-hybridized carbons (Fsp3) is 0.625. The molecule has 0 bridgehead atoms. The van der Waals surface area contributed by atoms with E-state index in [9.17, 15) is 9.59 Å². The van der Waals surface area contributed by atoms with Gasteiger partial charge in [-0.2, -0.15) is 0 Å². The van der Waals surface area contributed by atoms with Crippen LogP contribution in [0.3, 0.4) is 0 Å². The summed E-state index contributed by atoms with van der Waals surface area (Å²) in [5.41, 5.74) is 0. The number of amides is 2. The van der Waals surface area contributed by atoms with Crippen molar-refractivity contribution in [3.8, 4) is 0 Å². The summed E-state index contributed by atoms with van der Waals surface area (Å²) in [7, 11) is 0. The SMILES string of the molecule is CCCC(c1cccs1)N1C(=O)C(C2CC2)NC(=O)C1C. The van der Waals surface area contributed by atoms with E-state index in [0.29, 0.717) is 5.92 Å². The van der Waals surface area contributed by atoms with E-state index in [2.05, 4.69) is 18.3 Å². The number of rotatable bonds is 5. The van der Waals surface area contributed by atoms with Crippen LogP contribution in [0.2, 0.25) is 0 Å². The molecule has 4 nitrogen and oxygen atoms in total. The molecule has 3 atom stereocenters. The third-order valence-electron chi connectivity index (χ3n) is 4.48. The molecule has 1 aliphatic heterocycles. The maximum absolute atomic E-state index is 12.9. The van der Waals surface area contributed by atoms with Gasteiger partial charge in [0.1, 0.15) is 12.1 Å². The van der Waals surface area contributed by atoms with Crippen LogP contribution in [0, 0.1) is 5.92 Å². The minimum Gasteiger partial charge on any atom is -0.342 e. The Bertz CT molecular complexity index is 524. The Morgan fingerprint density at radius 1 is 1.43 bits per heavy atom. The van der Waals surface area contributed by atoms with Crippen LogP contribution in [0.1, 0.15) is 50.4 Å². The molecule has 5 heteroatoms. The Labute approximate surface area is 129 Å². The zero-order valence-electron chi connectivity index (χ0n) is 12.5. The number of nitrogens with one attached hydrogen (secondary N) is 1. The van der Waals surface area contributed by atoms with Gasteiger partial charge in [0.05, 0.1) is 6.04 Å². The Balaban J connectivity index is 1.91. The van der Waals surface area contributed by atoms with Crippen LogP contribution in [0.25, 0.3) is 0 Å². The lowest BCUT2D eigenvalue weighted by molar-refractivity contribution is -0.152. The predicted octanol–water partition coefficient (Wildman–Crippen LogP) is 2.71. The third kappa shape index (κ3) is 2.71. The summed E-state index contributed by atoms with van der Waals surface area (Å²) < 4.78 is 0. The van der Waals surface area contributed by atoms with Crippen molar-refractivity contribution in [2.45, 2.75) is 57.7 Å². The van der Waals surface area contributed by atoms with E-state index in [1.807, 2.05) is 23.3 Å². The maximum Gasteiger partial charge on any atom is 0.246 e. The van der Waals surface area contributed by atoms with Gasteiger partial charge in [0.2, 0.25) is 11.8 Å². The summed E-state index contributed by atoms with van der Waals surface area (Å²) in [5, 5.41) is 4.96. The second-order valence-corrected chi connectivity index (χ2v) is 7.04. The topological polar surface area (TPSA) is 49.4 Å². The molecule has 2 aliphatic rings. The highest BCUT2D eigenvalue weighted by molar-refractivity contribution is 7.10. The monoisotopic (exact) mass is 306 g/mol. The largest absolute Gasteiger partial charge is 0.342 e. The highest BCUT2D eigenvalue weighted by atomic mass is 32.1. The van der Waals surface area contributed by atoms with E-state index >= 15 is 0 Å². The lowest BCUT2D eigenvalue weighted by atomic mass is 9.99. The average Bonchev–Trinajstić information content (AvgIpc) is 3.16. The van der Waals surface area contributed by atoms with Crippen LogP contribution in [0.4, 0.5) is 0 Å². The Morgan fingerprint density at radius 2 is 2.19 bits per heavy atom. The van der Waals surface area contributed by atoms with Crippen molar-refractivity contribution >= 4 is 23.2 Å². The number of thiophene rings is 1. The fourth-order valence-electron chi connectivity index (χ4n) is 3.16. The molecule has 1 saturated carbocycles. The van der Waals surface area contributed by atoms with E-state index in [-0.39, 0.29) is 29.9 Å². The molecule has 3 unspecified atom stereocenters. The number of piperazine rings is 1. The molecule has 0 aromatic carbocycles. The molecule has 1 aromatic rings. The molecular weight excluding hydrogens is 284 g/mol. The number of hydrogen-bond acceptors (Lipinski definition) is 3. The van der Waals surface area contributed by atoms with Crippen molar-refractivity contribution in [2.24, 2.45) is 5.92 Å². The average molecular weight is 306 g/mol. The molecule has 1 aliphatic carbocycles. The molecule has 0 radical (unpaired) electrons. The summed E-state index contributed by atoms with van der Waals surface area (Å²) in [6, 6.07) is 3.44. The van der Waals surface area contributed by atoms with Crippen LogP contribution < -0.4 is 5.32 Å². The summed E-state index contributed by atoms with van der Waals surface area (Å²) in [5.74, 6) is 0.447. The molecule has 1 N–H and O–H groups in total. The summed E-state index contributed by atoms with van der Waals surface area (Å²) >= 11 is 1.67. The summed E-state index contributed by atoms with van der Waals surface area (Å²) in [6.07, 6.45) is 4.00. The number of nitrogens with zero attached hydrogens (tertiary/aromatic N) is 1. The molecule has 1 aromatic heterocycles. The van der Waals surface area contributed by atoms with Crippen LogP contribution >= 0.6 is 11.3 Å². The van der Waals surface area contributed by atoms with Gasteiger partial charge in [0, 0.05) is 4.88 Å². The van der Waals surface area contributed by atoms with Crippen molar-refractivity contribution in [3.05, 3.63) is 22.4 Å². The zero-order valence-corrected chi connectivity index (χ0v) is 13.4. The van der Waals surface area contributed by atoms with Gasteiger partial charge in [-0.25, -0.2) is 0 Å². The van der Waals surface area contributed by atoms with Crippen LogP contribution in [0.15, 0.2) is 17.5 Å². The molecule has 1 saturated heterocycles. The zero-order chi connectivity index (χ0) is 15.0. The van der Waals surface area contributed by atoms with Crippen molar-refractivity contribution in [1.82, 2.24) is 10.2 Å². The van der Waals surface area contributed by atoms with Gasteiger partial charge >= 0.3 is 0 Å². The van der Waals surface area contributed by atoms with Gasteiger partial charge in [-0.15, -0.1) is 11.3 Å².